The number of hydrogen-bond acceptors (Lipinski definition) is 16. The number of hydrogen-bond donors (Lipinski definition) is 0. The van der Waals surface area contributed by atoms with E-state index in [1.807, 2.05) is 82.3 Å². The number of aryl methyl sites for hydroxylation is 6. The molecule has 1 fully saturated rings. The van der Waals surface area contributed by atoms with Crippen molar-refractivity contribution in [3.8, 4) is 56.9 Å². The Morgan fingerprint density at radius 3 is 1.52 bits per heavy atom. The van der Waals surface area contributed by atoms with Crippen molar-refractivity contribution in [2.75, 3.05) is 27.4 Å². The van der Waals surface area contributed by atoms with Crippen molar-refractivity contribution in [3.63, 3.8) is 0 Å². The highest BCUT2D eigenvalue weighted by molar-refractivity contribution is 9.10. The van der Waals surface area contributed by atoms with E-state index in [-0.39, 0.29) is 48.3 Å². The van der Waals surface area contributed by atoms with E-state index in [4.69, 9.17) is 37.7 Å². The molecule has 13 rings (SSSR count). The summed E-state index contributed by atoms with van der Waals surface area (Å²) in [5.41, 5.74) is 13.4. The molecule has 458 valence electrons. The van der Waals surface area contributed by atoms with E-state index in [1.54, 1.807) is 20.2 Å². The van der Waals surface area contributed by atoms with Gasteiger partial charge in [0.15, 0.2) is 0 Å². The number of halogens is 3. The van der Waals surface area contributed by atoms with E-state index >= 15 is 8.78 Å². The molecule has 88 heavy (non-hydrogen) atoms. The average molecular weight is 1260 g/mol. The van der Waals surface area contributed by atoms with E-state index in [0.717, 1.165) is 65.6 Å². The van der Waals surface area contributed by atoms with Crippen LogP contribution in [0.25, 0.3) is 33.9 Å². The second kappa shape index (κ2) is 24.8. The maximum absolute atomic E-state index is 15.3. The van der Waals surface area contributed by atoms with Crippen LogP contribution in [-0.4, -0.2) is 98.1 Å². The molecule has 8 aromatic rings. The zero-order chi connectivity index (χ0) is 62.5. The van der Waals surface area contributed by atoms with Crippen LogP contribution < -0.4 is 24.4 Å². The molecule has 2 aromatic heterocycles. The second-order valence-corrected chi connectivity index (χ2v) is 24.8. The van der Waals surface area contributed by atoms with Gasteiger partial charge in [0, 0.05) is 61.8 Å². The third kappa shape index (κ3) is 12.4. The number of nitrogens with zero attached hydrogens (tertiary/aromatic N) is 8. The van der Waals surface area contributed by atoms with Crippen LogP contribution in [0.15, 0.2) is 89.4 Å². The van der Waals surface area contributed by atoms with Gasteiger partial charge >= 0.3 is 19.1 Å². The molecule has 0 saturated carbocycles. The summed E-state index contributed by atoms with van der Waals surface area (Å²) in [6.45, 7) is 17.1. The van der Waals surface area contributed by atoms with Gasteiger partial charge in [0.1, 0.15) is 46.8 Å². The maximum atomic E-state index is 15.3. The maximum Gasteiger partial charge on any atom is 0.495 e. The topological polar surface area (TPSA) is 195 Å². The summed E-state index contributed by atoms with van der Waals surface area (Å²) in [4.78, 5) is 26.3. The number of ether oxygens (including phenoxy) is 6. The van der Waals surface area contributed by atoms with Crippen LogP contribution in [0.1, 0.15) is 133 Å². The van der Waals surface area contributed by atoms with E-state index < -0.39 is 30.5 Å². The lowest BCUT2D eigenvalue weighted by Gasteiger charge is -2.32. The SMILES string of the molecule is COC(=O)C[C@@H]1COc2cc(O[C@@H]3CCc4c(-c5c(C)cc(-c6nnn(C)n6)cc5C)ccc(F)c43)ccc21.COC(=O)C[C@@H]1COc2cc(O[C@@H]3CCc4c(B5OC(C)(C)C(C)(C)O5)ccc(F)c43)ccc21.Cc1cc(-c2nnn(C)n2)cc(C)c1Br. The smallest absolute Gasteiger partial charge is 0.492 e. The van der Waals surface area contributed by atoms with Crippen molar-refractivity contribution in [2.24, 2.45) is 14.1 Å². The van der Waals surface area contributed by atoms with Crippen molar-refractivity contribution in [2.45, 2.75) is 129 Å². The van der Waals surface area contributed by atoms with Gasteiger partial charge in [-0.3, -0.25) is 9.59 Å². The third-order valence-corrected chi connectivity index (χ3v) is 18.7. The molecule has 6 aromatic carbocycles. The molecule has 0 radical (unpaired) electrons. The molecule has 3 aliphatic heterocycles. The molecule has 1 saturated heterocycles. The summed E-state index contributed by atoms with van der Waals surface area (Å²) in [5.74, 6) is 2.68. The van der Waals surface area contributed by atoms with E-state index in [2.05, 4.69) is 86.6 Å². The fraction of sp³-hybridized carbons (Fsp3) is 0.394. The largest absolute Gasteiger partial charge is 0.495 e. The lowest BCUT2D eigenvalue weighted by Crippen LogP contribution is -2.41. The zero-order valence-corrected chi connectivity index (χ0v) is 53.0. The van der Waals surface area contributed by atoms with Crippen molar-refractivity contribution >= 4 is 40.4 Å². The molecule has 0 amide bonds. The van der Waals surface area contributed by atoms with Gasteiger partial charge in [-0.15, -0.1) is 20.4 Å². The lowest BCUT2D eigenvalue weighted by atomic mass is 9.75. The molecule has 2 aliphatic carbocycles. The molecule has 18 nitrogen and oxygen atoms in total. The van der Waals surface area contributed by atoms with Gasteiger partial charge in [-0.05, 0) is 190 Å². The van der Waals surface area contributed by atoms with Crippen molar-refractivity contribution in [3.05, 3.63) is 157 Å². The first-order chi connectivity index (χ1) is 42.0. The molecule has 0 unspecified atom stereocenters. The Morgan fingerprint density at radius 2 is 1.07 bits per heavy atom. The van der Waals surface area contributed by atoms with Crippen molar-refractivity contribution in [1.82, 2.24) is 40.4 Å². The fourth-order valence-electron chi connectivity index (χ4n) is 12.3. The Kier molecular flexibility index (Phi) is 17.4. The molecule has 0 N–H and O–H groups in total. The predicted octanol–water partition coefficient (Wildman–Crippen LogP) is 11.9. The predicted molar refractivity (Wildman–Crippen MR) is 329 cm³/mol. The molecule has 5 heterocycles. The van der Waals surface area contributed by atoms with E-state index in [9.17, 15) is 9.59 Å². The standard InChI is InChI=1S/C30H29FN4O4.C26H30BFO6.C10H11BrN4/c1-16-11-18(30-32-34-35(3)33-30)12-17(2)28(16)22-7-9-24(31)29-23(22)8-10-25(29)39-20-5-6-21-19(13-27(36)37-4)15-38-26(21)14-20;1-25(2)26(3,4)34-27(33-25)19-9-10-20(28)24-18(19)8-11-21(24)32-16-6-7-17-15(12-23(29)30-5)14-31-22(17)13-16;1-6-4-8(5-7(2)9(6)11)10-12-14-15(3)13-10/h5-7,9,11-12,14,19,25H,8,10,13,15H2,1-4H3;6-7,9-10,13,15,21H,8,11-12,14H2,1-5H3;4-5H,1-3H3/t19-,25-;15-,21-;/m11./s1. The number of carbonyl (C=O) groups is 2. The van der Waals surface area contributed by atoms with E-state index in [0.29, 0.717) is 84.7 Å². The summed E-state index contributed by atoms with van der Waals surface area (Å²) in [6, 6.07) is 26.1. The number of benzene rings is 6. The Balaban J connectivity index is 0.000000149. The minimum Gasteiger partial charge on any atom is -0.492 e. The molecule has 0 bridgehead atoms. The fourth-order valence-corrected chi connectivity index (χ4v) is 12.6. The number of fused-ring (bicyclic) bond motifs is 4. The minimum atomic E-state index is -0.543. The van der Waals surface area contributed by atoms with Gasteiger partial charge in [-0.1, -0.05) is 40.2 Å². The highest BCUT2D eigenvalue weighted by Gasteiger charge is 2.53. The first-order valence-corrected chi connectivity index (χ1v) is 30.1. The summed E-state index contributed by atoms with van der Waals surface area (Å²) < 4.78 is 77.7. The average Bonchev–Trinajstić information content (AvgIpc) is 2.40. The van der Waals surface area contributed by atoms with Gasteiger partial charge < -0.3 is 37.7 Å². The third-order valence-electron chi connectivity index (χ3n) is 17.4. The molecule has 0 spiro atoms. The van der Waals surface area contributed by atoms with Gasteiger partial charge in [0.25, 0.3) is 0 Å². The minimum absolute atomic E-state index is 0.0383. The van der Waals surface area contributed by atoms with Crippen molar-refractivity contribution < 1.29 is 56.1 Å². The van der Waals surface area contributed by atoms with Crippen LogP contribution in [-0.2, 0) is 55.3 Å². The summed E-state index contributed by atoms with van der Waals surface area (Å²) in [6.07, 6.45) is 2.44. The highest BCUT2D eigenvalue weighted by Crippen LogP contribution is 2.47. The van der Waals surface area contributed by atoms with Crippen LogP contribution >= 0.6 is 15.9 Å². The zero-order valence-electron chi connectivity index (χ0n) is 51.4. The van der Waals surface area contributed by atoms with Crippen LogP contribution in [0.2, 0.25) is 0 Å². The quantitative estimate of drug-likeness (QED) is 0.0827. The molecule has 22 heteroatoms. The number of esters is 2. The summed E-state index contributed by atoms with van der Waals surface area (Å²) in [7, 11) is 5.72. The normalized spacial score (nSPS) is 18.8. The monoisotopic (exact) mass is 1260 g/mol. The molecule has 4 atom stereocenters. The van der Waals surface area contributed by atoms with Gasteiger partial charge in [0.2, 0.25) is 11.6 Å². The number of rotatable bonds is 12. The molecular formula is C66H70BBrF2N8O10. The van der Waals surface area contributed by atoms with Gasteiger partial charge in [-0.25, -0.2) is 8.78 Å². The second-order valence-electron chi connectivity index (χ2n) is 24.0. The number of tetrazole rings is 2. The van der Waals surface area contributed by atoms with Crippen LogP contribution in [0.3, 0.4) is 0 Å². The van der Waals surface area contributed by atoms with Gasteiger partial charge in [0.05, 0.1) is 65.6 Å². The first kappa shape index (κ1) is 61.6. The Morgan fingerprint density at radius 1 is 0.625 bits per heavy atom. The van der Waals surface area contributed by atoms with E-state index in [1.165, 1.54) is 47.1 Å². The number of methoxy groups -OCH3 is 2. The van der Waals surface area contributed by atoms with Crippen LogP contribution in [0.4, 0.5) is 8.78 Å². The molecule has 5 aliphatic rings. The highest BCUT2D eigenvalue weighted by atomic mass is 79.9. The molecular weight excluding hydrogens is 1190 g/mol. The van der Waals surface area contributed by atoms with Crippen molar-refractivity contribution in [1.29, 1.82) is 0 Å². The summed E-state index contributed by atoms with van der Waals surface area (Å²) >= 11 is 3.53. The van der Waals surface area contributed by atoms with Crippen LogP contribution in [0, 0.1) is 39.3 Å². The summed E-state index contributed by atoms with van der Waals surface area (Å²) in [5, 5.41) is 24.4. The number of carbonyl (C=O) groups excluding carboxylic acids is 2. The van der Waals surface area contributed by atoms with Crippen LogP contribution in [0.5, 0.6) is 23.0 Å². The van der Waals surface area contributed by atoms with Gasteiger partial charge in [-0.2, -0.15) is 9.59 Å². The number of aromatic nitrogens is 8. The Bertz CT molecular complexity index is 3940. The Hall–Kier alpha value is -8.08. The Labute approximate surface area is 518 Å². The first-order valence-electron chi connectivity index (χ1n) is 29.3. The lowest BCUT2D eigenvalue weighted by molar-refractivity contribution is -0.142.